The van der Waals surface area contributed by atoms with Gasteiger partial charge >= 0.3 is 0 Å². The maximum atomic E-state index is 4.33. The monoisotopic (exact) mass is 462 g/mol. The van der Waals surface area contributed by atoms with Crippen LogP contribution in [0.5, 0.6) is 0 Å². The average Bonchev–Trinajstić information content (AvgIpc) is 3.12. The zero-order valence-electron chi connectivity index (χ0n) is 15.0. The van der Waals surface area contributed by atoms with Crippen molar-refractivity contribution < 1.29 is 0 Å². The van der Waals surface area contributed by atoms with Crippen LogP contribution in [0.25, 0.3) is 0 Å². The molecule has 0 bridgehead atoms. The SMILES string of the molecule is CN=C(NCCCSC)NC(C)c1cccc(N2CCCC2)c1.I. The molecule has 2 rings (SSSR count). The first kappa shape index (κ1) is 21.4. The Labute approximate surface area is 168 Å². The molecular formula is C18H31IN4S. The number of aliphatic imine (C=N–C) groups is 1. The van der Waals surface area contributed by atoms with E-state index >= 15 is 0 Å². The number of halogens is 1. The van der Waals surface area contributed by atoms with Gasteiger partial charge in [0.25, 0.3) is 0 Å². The van der Waals surface area contributed by atoms with Crippen molar-refractivity contribution in [2.45, 2.75) is 32.2 Å². The van der Waals surface area contributed by atoms with E-state index in [1.165, 1.54) is 42.9 Å². The summed E-state index contributed by atoms with van der Waals surface area (Å²) in [5, 5.41) is 6.88. The van der Waals surface area contributed by atoms with Gasteiger partial charge in [-0.1, -0.05) is 12.1 Å². The van der Waals surface area contributed by atoms with E-state index in [0.717, 1.165) is 18.9 Å². The Morgan fingerprint density at radius 3 is 2.75 bits per heavy atom. The van der Waals surface area contributed by atoms with E-state index in [-0.39, 0.29) is 30.0 Å². The zero-order chi connectivity index (χ0) is 16.5. The van der Waals surface area contributed by atoms with Crippen molar-refractivity contribution in [3.8, 4) is 0 Å². The molecule has 0 aliphatic carbocycles. The molecule has 1 unspecified atom stereocenters. The van der Waals surface area contributed by atoms with Crippen LogP contribution in [-0.4, -0.2) is 44.7 Å². The number of thioether (sulfide) groups is 1. The van der Waals surface area contributed by atoms with Crippen LogP contribution >= 0.6 is 35.7 Å². The van der Waals surface area contributed by atoms with Crippen LogP contribution in [0.1, 0.15) is 37.8 Å². The lowest BCUT2D eigenvalue weighted by molar-refractivity contribution is 0.682. The second-order valence-electron chi connectivity index (χ2n) is 6.00. The van der Waals surface area contributed by atoms with Gasteiger partial charge < -0.3 is 15.5 Å². The van der Waals surface area contributed by atoms with Gasteiger partial charge in [-0.15, -0.1) is 24.0 Å². The maximum absolute atomic E-state index is 4.33. The molecule has 1 aromatic carbocycles. The first-order valence-electron chi connectivity index (χ1n) is 8.55. The molecule has 24 heavy (non-hydrogen) atoms. The first-order chi connectivity index (χ1) is 11.2. The van der Waals surface area contributed by atoms with Crippen molar-refractivity contribution in [2.75, 3.05) is 43.6 Å². The smallest absolute Gasteiger partial charge is 0.191 e. The molecule has 2 N–H and O–H groups in total. The summed E-state index contributed by atoms with van der Waals surface area (Å²) in [5.74, 6) is 2.06. The van der Waals surface area contributed by atoms with Gasteiger partial charge in [0.2, 0.25) is 0 Å². The van der Waals surface area contributed by atoms with Crippen molar-refractivity contribution in [1.29, 1.82) is 0 Å². The number of guanidine groups is 1. The number of nitrogens with zero attached hydrogens (tertiary/aromatic N) is 2. The summed E-state index contributed by atoms with van der Waals surface area (Å²) in [5.41, 5.74) is 2.65. The average molecular weight is 462 g/mol. The minimum atomic E-state index is 0. The minimum absolute atomic E-state index is 0. The van der Waals surface area contributed by atoms with E-state index in [1.807, 2.05) is 18.8 Å². The van der Waals surface area contributed by atoms with Gasteiger partial charge in [-0.3, -0.25) is 4.99 Å². The Balaban J connectivity index is 0.00000288. The van der Waals surface area contributed by atoms with Crippen LogP contribution in [0.2, 0.25) is 0 Å². The lowest BCUT2D eigenvalue weighted by atomic mass is 10.1. The molecule has 1 atom stereocenters. The number of rotatable bonds is 7. The highest BCUT2D eigenvalue weighted by atomic mass is 127. The van der Waals surface area contributed by atoms with Gasteiger partial charge in [0, 0.05) is 32.4 Å². The second-order valence-corrected chi connectivity index (χ2v) is 6.99. The molecular weight excluding hydrogens is 431 g/mol. The van der Waals surface area contributed by atoms with Gasteiger partial charge in [-0.2, -0.15) is 11.8 Å². The van der Waals surface area contributed by atoms with Crippen molar-refractivity contribution in [3.63, 3.8) is 0 Å². The van der Waals surface area contributed by atoms with Crippen LogP contribution in [0, 0.1) is 0 Å². The van der Waals surface area contributed by atoms with E-state index < -0.39 is 0 Å². The summed E-state index contributed by atoms with van der Waals surface area (Å²) >= 11 is 1.88. The number of hydrogen-bond donors (Lipinski definition) is 2. The lowest BCUT2D eigenvalue weighted by Gasteiger charge is -2.22. The molecule has 0 amide bonds. The summed E-state index contributed by atoms with van der Waals surface area (Å²) in [6, 6.07) is 9.12. The molecule has 1 aliphatic heterocycles. The van der Waals surface area contributed by atoms with E-state index in [9.17, 15) is 0 Å². The highest BCUT2D eigenvalue weighted by molar-refractivity contribution is 14.0. The molecule has 0 aromatic heterocycles. The molecule has 136 valence electrons. The Kier molecular flexibility index (Phi) is 10.6. The Morgan fingerprint density at radius 2 is 2.08 bits per heavy atom. The van der Waals surface area contributed by atoms with E-state index in [0.29, 0.717) is 0 Å². The Bertz CT molecular complexity index is 504. The van der Waals surface area contributed by atoms with Crippen molar-refractivity contribution >= 4 is 47.4 Å². The lowest BCUT2D eigenvalue weighted by Crippen LogP contribution is -2.39. The van der Waals surface area contributed by atoms with Crippen molar-refractivity contribution in [2.24, 2.45) is 4.99 Å². The van der Waals surface area contributed by atoms with Gasteiger partial charge in [-0.25, -0.2) is 0 Å². The van der Waals surface area contributed by atoms with Crippen molar-refractivity contribution in [3.05, 3.63) is 29.8 Å². The van der Waals surface area contributed by atoms with Gasteiger partial charge in [0.15, 0.2) is 5.96 Å². The normalized spacial score (nSPS) is 15.8. The van der Waals surface area contributed by atoms with Gasteiger partial charge in [0.1, 0.15) is 0 Å². The van der Waals surface area contributed by atoms with Crippen LogP contribution in [0.15, 0.2) is 29.3 Å². The summed E-state index contributed by atoms with van der Waals surface area (Å²) in [4.78, 5) is 6.81. The standard InChI is InChI=1S/C18H30N4S.HI/c1-15(21-18(19-2)20-10-7-13-23-3)16-8-6-9-17(14-16)22-11-4-5-12-22;/h6,8-9,14-15H,4-5,7,10-13H2,1-3H3,(H2,19,20,21);1H. The molecule has 4 nitrogen and oxygen atoms in total. The largest absolute Gasteiger partial charge is 0.372 e. The van der Waals surface area contributed by atoms with Crippen LogP contribution in [0.4, 0.5) is 5.69 Å². The Hall–Kier alpha value is -0.630. The quantitative estimate of drug-likeness (QED) is 0.279. The summed E-state index contributed by atoms with van der Waals surface area (Å²) < 4.78 is 0. The van der Waals surface area contributed by atoms with E-state index in [4.69, 9.17) is 0 Å². The maximum Gasteiger partial charge on any atom is 0.191 e. The fraction of sp³-hybridized carbons (Fsp3) is 0.611. The number of hydrogen-bond acceptors (Lipinski definition) is 3. The summed E-state index contributed by atoms with van der Waals surface area (Å²) in [7, 11) is 1.83. The minimum Gasteiger partial charge on any atom is -0.372 e. The van der Waals surface area contributed by atoms with Crippen LogP contribution < -0.4 is 15.5 Å². The summed E-state index contributed by atoms with van der Waals surface area (Å²) in [6.07, 6.45) is 5.92. The van der Waals surface area contributed by atoms with Crippen LogP contribution in [-0.2, 0) is 0 Å². The fourth-order valence-corrected chi connectivity index (χ4v) is 3.31. The number of anilines is 1. The van der Waals surface area contributed by atoms with Gasteiger partial charge in [0.05, 0.1) is 6.04 Å². The van der Waals surface area contributed by atoms with Crippen LogP contribution in [0.3, 0.4) is 0 Å². The molecule has 0 spiro atoms. The molecule has 6 heteroatoms. The molecule has 0 saturated carbocycles. The van der Waals surface area contributed by atoms with Crippen molar-refractivity contribution in [1.82, 2.24) is 10.6 Å². The molecule has 1 aliphatic rings. The number of nitrogens with one attached hydrogen (secondary N) is 2. The number of benzene rings is 1. The molecule has 1 heterocycles. The summed E-state index contributed by atoms with van der Waals surface area (Å²) in [6.45, 7) is 5.52. The second kappa shape index (κ2) is 11.8. The molecule has 0 radical (unpaired) electrons. The topological polar surface area (TPSA) is 39.7 Å². The third kappa shape index (κ3) is 6.70. The zero-order valence-corrected chi connectivity index (χ0v) is 18.2. The first-order valence-corrected chi connectivity index (χ1v) is 9.95. The third-order valence-corrected chi connectivity index (χ3v) is 4.93. The highest BCUT2D eigenvalue weighted by Crippen LogP contribution is 2.23. The Morgan fingerprint density at radius 1 is 1.33 bits per heavy atom. The molecule has 1 fully saturated rings. The van der Waals surface area contributed by atoms with E-state index in [2.05, 4.69) is 58.0 Å². The predicted molar refractivity (Wildman–Crippen MR) is 119 cm³/mol. The highest BCUT2D eigenvalue weighted by Gasteiger charge is 2.14. The molecule has 1 saturated heterocycles. The van der Waals surface area contributed by atoms with E-state index in [1.54, 1.807) is 0 Å². The third-order valence-electron chi connectivity index (χ3n) is 4.24. The molecule has 1 aromatic rings. The van der Waals surface area contributed by atoms with Gasteiger partial charge in [-0.05, 0) is 55.9 Å². The fourth-order valence-electron chi connectivity index (χ4n) is 2.87. The predicted octanol–water partition coefficient (Wildman–Crippen LogP) is 3.88.